The molecular weight excluding hydrogens is 400 g/mol. The van der Waals surface area contributed by atoms with Crippen LogP contribution < -0.4 is 14.9 Å². The van der Waals surface area contributed by atoms with Gasteiger partial charge in [0.25, 0.3) is 5.91 Å². The van der Waals surface area contributed by atoms with E-state index in [2.05, 4.69) is 26.5 Å². The molecule has 0 aliphatic carbocycles. The average molecular weight is 421 g/mol. The van der Waals surface area contributed by atoms with Gasteiger partial charge >= 0.3 is 0 Å². The highest BCUT2D eigenvalue weighted by atomic mass is 79.9. The number of benzene rings is 2. The zero-order valence-corrected chi connectivity index (χ0v) is 16.5. The minimum atomic E-state index is -0.378. The summed E-state index contributed by atoms with van der Waals surface area (Å²) in [7, 11) is 0. The van der Waals surface area contributed by atoms with Crippen molar-refractivity contribution in [1.29, 1.82) is 0 Å². The van der Waals surface area contributed by atoms with Gasteiger partial charge < -0.3 is 14.6 Å². The van der Waals surface area contributed by atoms with Crippen molar-refractivity contribution in [2.75, 3.05) is 13.2 Å². The molecule has 2 N–H and O–H groups in total. The predicted molar refractivity (Wildman–Crippen MR) is 104 cm³/mol. The van der Waals surface area contributed by atoms with Gasteiger partial charge in [-0.2, -0.15) is 5.10 Å². The Hall–Kier alpha value is -2.54. The van der Waals surface area contributed by atoms with Crippen LogP contribution in [0.15, 0.2) is 39.9 Å². The molecular formula is C19H21BrN2O4. The standard InChI is InChI=1S/C19H21BrN2O4/c1-4-25-17-9-14(5-6-16(17)23)10-21-22-18(24)11-26-19-13(3)7-12(2)8-15(19)20/h5-10,23H,4,11H2,1-3H3,(H,22,24)/b21-10+. The van der Waals surface area contributed by atoms with Crippen molar-refractivity contribution in [3.8, 4) is 17.2 Å². The van der Waals surface area contributed by atoms with Crippen LogP contribution in [0.1, 0.15) is 23.6 Å². The molecule has 7 heteroatoms. The van der Waals surface area contributed by atoms with E-state index in [1.807, 2.05) is 32.9 Å². The third kappa shape index (κ3) is 5.49. The topological polar surface area (TPSA) is 80.2 Å². The SMILES string of the molecule is CCOc1cc(/C=N/NC(=O)COc2c(C)cc(C)cc2Br)ccc1O. The molecule has 0 saturated carbocycles. The molecule has 0 atom stereocenters. The first-order valence-electron chi connectivity index (χ1n) is 8.08. The van der Waals surface area contributed by atoms with Gasteiger partial charge in [0.2, 0.25) is 0 Å². The van der Waals surface area contributed by atoms with E-state index < -0.39 is 0 Å². The molecule has 138 valence electrons. The number of ether oxygens (including phenoxy) is 2. The highest BCUT2D eigenvalue weighted by Gasteiger charge is 2.09. The summed E-state index contributed by atoms with van der Waals surface area (Å²) in [4.78, 5) is 11.9. The fourth-order valence-corrected chi connectivity index (χ4v) is 3.10. The summed E-state index contributed by atoms with van der Waals surface area (Å²) in [5, 5.41) is 13.6. The number of aryl methyl sites for hydroxylation is 2. The van der Waals surface area contributed by atoms with Crippen molar-refractivity contribution >= 4 is 28.1 Å². The van der Waals surface area contributed by atoms with Crippen molar-refractivity contribution < 1.29 is 19.4 Å². The van der Waals surface area contributed by atoms with Gasteiger partial charge in [-0.05, 0) is 77.7 Å². The Kier molecular flexibility index (Phi) is 7.03. The number of hydrogen-bond donors (Lipinski definition) is 2. The van der Waals surface area contributed by atoms with E-state index in [4.69, 9.17) is 9.47 Å². The van der Waals surface area contributed by atoms with E-state index in [-0.39, 0.29) is 18.3 Å². The number of carbonyl (C=O) groups is 1. The summed E-state index contributed by atoms with van der Waals surface area (Å²) in [6.07, 6.45) is 1.47. The number of hydrazone groups is 1. The Balaban J connectivity index is 1.91. The quantitative estimate of drug-likeness (QED) is 0.528. The van der Waals surface area contributed by atoms with Crippen molar-refractivity contribution in [2.45, 2.75) is 20.8 Å². The number of nitrogens with one attached hydrogen (secondary N) is 1. The zero-order chi connectivity index (χ0) is 19.1. The summed E-state index contributed by atoms with van der Waals surface area (Å²) >= 11 is 3.44. The second-order valence-corrected chi connectivity index (χ2v) is 6.49. The Morgan fingerprint density at radius 1 is 1.27 bits per heavy atom. The van der Waals surface area contributed by atoms with Gasteiger partial charge in [-0.15, -0.1) is 0 Å². The number of rotatable bonds is 7. The van der Waals surface area contributed by atoms with Crippen LogP contribution in [-0.4, -0.2) is 30.4 Å². The molecule has 1 amide bonds. The van der Waals surface area contributed by atoms with E-state index in [1.165, 1.54) is 12.3 Å². The summed E-state index contributed by atoms with van der Waals surface area (Å²) < 4.78 is 11.7. The van der Waals surface area contributed by atoms with E-state index in [1.54, 1.807) is 12.1 Å². The third-order valence-electron chi connectivity index (χ3n) is 3.41. The van der Waals surface area contributed by atoms with Crippen LogP contribution in [0.25, 0.3) is 0 Å². The fraction of sp³-hybridized carbons (Fsp3) is 0.263. The molecule has 0 unspecified atom stereocenters. The summed E-state index contributed by atoms with van der Waals surface area (Å²) in [5.41, 5.74) is 5.14. The smallest absolute Gasteiger partial charge is 0.277 e. The van der Waals surface area contributed by atoms with Crippen LogP contribution in [-0.2, 0) is 4.79 Å². The number of phenols is 1. The normalized spacial score (nSPS) is 10.8. The number of hydrogen-bond acceptors (Lipinski definition) is 5. The Bertz CT molecular complexity index is 798. The summed E-state index contributed by atoms with van der Waals surface area (Å²) in [5.74, 6) is 0.679. The minimum absolute atomic E-state index is 0.0560. The highest BCUT2D eigenvalue weighted by Crippen LogP contribution is 2.30. The molecule has 0 spiro atoms. The van der Waals surface area contributed by atoms with Gasteiger partial charge in [0.05, 0.1) is 17.3 Å². The van der Waals surface area contributed by atoms with Crippen molar-refractivity contribution in [1.82, 2.24) is 5.43 Å². The maximum atomic E-state index is 11.9. The van der Waals surface area contributed by atoms with Crippen molar-refractivity contribution in [2.24, 2.45) is 5.10 Å². The second kappa shape index (κ2) is 9.24. The number of amides is 1. The maximum Gasteiger partial charge on any atom is 0.277 e. The molecule has 0 aliphatic rings. The second-order valence-electron chi connectivity index (χ2n) is 5.63. The third-order valence-corrected chi connectivity index (χ3v) is 4.00. The van der Waals surface area contributed by atoms with Crippen LogP contribution in [0.4, 0.5) is 0 Å². The number of halogens is 1. The molecule has 6 nitrogen and oxygen atoms in total. The fourth-order valence-electron chi connectivity index (χ4n) is 2.32. The minimum Gasteiger partial charge on any atom is -0.504 e. The lowest BCUT2D eigenvalue weighted by Crippen LogP contribution is -2.24. The van der Waals surface area contributed by atoms with Crippen LogP contribution in [0.5, 0.6) is 17.2 Å². The molecule has 26 heavy (non-hydrogen) atoms. The molecule has 0 heterocycles. The first-order valence-corrected chi connectivity index (χ1v) is 8.87. The first-order chi connectivity index (χ1) is 12.4. The van der Waals surface area contributed by atoms with Gasteiger partial charge in [0.1, 0.15) is 5.75 Å². The molecule has 0 radical (unpaired) electrons. The molecule has 2 rings (SSSR count). The maximum absolute atomic E-state index is 11.9. The monoisotopic (exact) mass is 420 g/mol. The van der Waals surface area contributed by atoms with E-state index >= 15 is 0 Å². The number of aromatic hydroxyl groups is 1. The molecule has 0 saturated heterocycles. The number of phenolic OH excluding ortho intramolecular Hbond substituents is 1. The van der Waals surface area contributed by atoms with Crippen molar-refractivity contribution in [3.63, 3.8) is 0 Å². The van der Waals surface area contributed by atoms with E-state index in [9.17, 15) is 9.90 Å². The molecule has 2 aromatic rings. The Labute approximate surface area is 161 Å². The van der Waals surface area contributed by atoms with Crippen LogP contribution in [0.2, 0.25) is 0 Å². The lowest BCUT2D eigenvalue weighted by atomic mass is 10.1. The van der Waals surface area contributed by atoms with Gasteiger partial charge in [0, 0.05) is 0 Å². The predicted octanol–water partition coefficient (Wildman–Crippen LogP) is 3.70. The van der Waals surface area contributed by atoms with Crippen LogP contribution >= 0.6 is 15.9 Å². The average Bonchev–Trinajstić information content (AvgIpc) is 2.57. The number of carbonyl (C=O) groups excluding carboxylic acids is 1. The molecule has 0 aromatic heterocycles. The van der Waals surface area contributed by atoms with Gasteiger partial charge in [-0.3, -0.25) is 4.79 Å². The Morgan fingerprint density at radius 2 is 2.04 bits per heavy atom. The largest absolute Gasteiger partial charge is 0.504 e. The highest BCUT2D eigenvalue weighted by molar-refractivity contribution is 9.10. The molecule has 0 bridgehead atoms. The summed E-state index contributed by atoms with van der Waals surface area (Å²) in [6, 6.07) is 8.72. The Morgan fingerprint density at radius 3 is 2.73 bits per heavy atom. The van der Waals surface area contributed by atoms with Crippen LogP contribution in [0, 0.1) is 13.8 Å². The lowest BCUT2D eigenvalue weighted by Gasteiger charge is -2.11. The summed E-state index contributed by atoms with van der Waals surface area (Å²) in [6.45, 7) is 6.03. The molecule has 0 fully saturated rings. The van der Waals surface area contributed by atoms with Crippen molar-refractivity contribution in [3.05, 3.63) is 51.5 Å². The molecule has 0 aliphatic heterocycles. The first kappa shape index (κ1) is 19.8. The zero-order valence-electron chi connectivity index (χ0n) is 14.9. The number of nitrogens with zero attached hydrogens (tertiary/aromatic N) is 1. The van der Waals surface area contributed by atoms with Crippen LogP contribution in [0.3, 0.4) is 0 Å². The van der Waals surface area contributed by atoms with Gasteiger partial charge in [-0.25, -0.2) is 5.43 Å². The lowest BCUT2D eigenvalue weighted by molar-refractivity contribution is -0.123. The van der Waals surface area contributed by atoms with E-state index in [0.717, 1.165) is 15.6 Å². The van der Waals surface area contributed by atoms with Gasteiger partial charge in [-0.1, -0.05) is 6.07 Å². The van der Waals surface area contributed by atoms with Gasteiger partial charge in [0.15, 0.2) is 18.1 Å². The molecule has 2 aromatic carbocycles. The van der Waals surface area contributed by atoms with E-state index in [0.29, 0.717) is 23.7 Å².